The molecule has 94 valence electrons. The number of hydrogen-bond acceptors (Lipinski definition) is 2. The normalized spacial score (nSPS) is 24.3. The number of aliphatic hydroxyl groups excluding tert-OH is 1. The van der Waals surface area contributed by atoms with E-state index < -0.39 is 6.10 Å². The molecular weight excluding hydrogens is 202 g/mol. The van der Waals surface area contributed by atoms with Crippen molar-refractivity contribution in [2.75, 3.05) is 13.1 Å². The summed E-state index contributed by atoms with van der Waals surface area (Å²) < 4.78 is 0. The first kappa shape index (κ1) is 13.5. The Morgan fingerprint density at radius 1 is 1.44 bits per heavy atom. The lowest BCUT2D eigenvalue weighted by molar-refractivity contribution is -0.129. The molecule has 0 spiro atoms. The molecule has 1 heterocycles. The zero-order chi connectivity index (χ0) is 12.5. The highest BCUT2D eigenvalue weighted by Crippen LogP contribution is 2.27. The third-order valence-corrected chi connectivity index (χ3v) is 3.58. The first-order chi connectivity index (χ1) is 7.21. The molecule has 1 amide bonds. The lowest BCUT2D eigenvalue weighted by Crippen LogP contribution is -2.40. The van der Waals surface area contributed by atoms with Crippen LogP contribution in [0, 0.1) is 17.3 Å². The zero-order valence-electron chi connectivity index (χ0n) is 11.2. The summed E-state index contributed by atoms with van der Waals surface area (Å²) in [6, 6.07) is 0. The van der Waals surface area contributed by atoms with Crippen molar-refractivity contribution < 1.29 is 9.90 Å². The van der Waals surface area contributed by atoms with Crippen molar-refractivity contribution in [2.24, 2.45) is 17.3 Å². The molecule has 2 atom stereocenters. The highest BCUT2D eigenvalue weighted by Gasteiger charge is 2.34. The van der Waals surface area contributed by atoms with Crippen LogP contribution in [-0.4, -0.2) is 35.1 Å². The molecule has 1 aliphatic rings. The van der Waals surface area contributed by atoms with Gasteiger partial charge in [0.05, 0.1) is 6.10 Å². The Bertz CT molecular complexity index is 255. The molecule has 0 aromatic carbocycles. The molecule has 0 aromatic rings. The third kappa shape index (κ3) is 3.21. The Labute approximate surface area is 98.8 Å². The molecule has 0 saturated carbocycles. The molecule has 1 aliphatic heterocycles. The van der Waals surface area contributed by atoms with Gasteiger partial charge in [0, 0.05) is 19.5 Å². The fourth-order valence-corrected chi connectivity index (χ4v) is 1.91. The van der Waals surface area contributed by atoms with Crippen LogP contribution in [-0.2, 0) is 4.79 Å². The van der Waals surface area contributed by atoms with Crippen molar-refractivity contribution in [3.8, 4) is 0 Å². The number of carbonyl (C=O) groups is 1. The van der Waals surface area contributed by atoms with E-state index in [-0.39, 0.29) is 11.3 Å². The van der Waals surface area contributed by atoms with Crippen LogP contribution >= 0.6 is 0 Å². The topological polar surface area (TPSA) is 40.5 Å². The van der Waals surface area contributed by atoms with E-state index in [0.29, 0.717) is 24.8 Å². The van der Waals surface area contributed by atoms with Crippen LogP contribution in [0.2, 0.25) is 0 Å². The average Bonchev–Trinajstić information content (AvgIpc) is 2.46. The summed E-state index contributed by atoms with van der Waals surface area (Å²) in [5.41, 5.74) is -0.157. The van der Waals surface area contributed by atoms with Gasteiger partial charge in [-0.3, -0.25) is 4.79 Å². The average molecular weight is 227 g/mol. The van der Waals surface area contributed by atoms with Crippen LogP contribution < -0.4 is 0 Å². The molecule has 1 rings (SSSR count). The quantitative estimate of drug-likeness (QED) is 0.800. The van der Waals surface area contributed by atoms with Crippen molar-refractivity contribution in [1.82, 2.24) is 4.90 Å². The maximum absolute atomic E-state index is 11.8. The Balaban J connectivity index is 2.54. The summed E-state index contributed by atoms with van der Waals surface area (Å²) >= 11 is 0. The van der Waals surface area contributed by atoms with Gasteiger partial charge in [0.2, 0.25) is 5.91 Å². The Kier molecular flexibility index (Phi) is 4.00. The van der Waals surface area contributed by atoms with E-state index in [2.05, 4.69) is 13.8 Å². The molecule has 0 bridgehead atoms. The number of carbonyl (C=O) groups excluding carboxylic acids is 1. The fourth-order valence-electron chi connectivity index (χ4n) is 1.91. The number of amides is 1. The summed E-state index contributed by atoms with van der Waals surface area (Å²) in [6.07, 6.45) is 0.205. The second-order valence-electron chi connectivity index (χ2n) is 6.39. The fraction of sp³-hybridized carbons (Fsp3) is 0.923. The Morgan fingerprint density at radius 3 is 2.38 bits per heavy atom. The van der Waals surface area contributed by atoms with Crippen LogP contribution in [0.25, 0.3) is 0 Å². The van der Waals surface area contributed by atoms with Crippen molar-refractivity contribution in [3.63, 3.8) is 0 Å². The Hall–Kier alpha value is -0.570. The minimum absolute atomic E-state index is 0.157. The Morgan fingerprint density at radius 2 is 2.00 bits per heavy atom. The molecule has 1 fully saturated rings. The van der Waals surface area contributed by atoms with Gasteiger partial charge in [0.25, 0.3) is 0 Å². The van der Waals surface area contributed by atoms with Crippen LogP contribution in [0.5, 0.6) is 0 Å². The van der Waals surface area contributed by atoms with Gasteiger partial charge >= 0.3 is 0 Å². The summed E-state index contributed by atoms with van der Waals surface area (Å²) in [6.45, 7) is 11.6. The lowest BCUT2D eigenvalue weighted by atomic mass is 9.89. The van der Waals surface area contributed by atoms with Gasteiger partial charge in [-0.1, -0.05) is 34.6 Å². The highest BCUT2D eigenvalue weighted by atomic mass is 16.3. The predicted octanol–water partition coefficient (Wildman–Crippen LogP) is 1.90. The summed E-state index contributed by atoms with van der Waals surface area (Å²) in [4.78, 5) is 13.6. The molecule has 3 heteroatoms. The smallest absolute Gasteiger partial charge is 0.223 e. The van der Waals surface area contributed by atoms with Crippen molar-refractivity contribution in [2.45, 2.75) is 47.1 Å². The zero-order valence-corrected chi connectivity index (χ0v) is 11.2. The summed E-state index contributed by atoms with van der Waals surface area (Å²) in [7, 11) is 0. The first-order valence-corrected chi connectivity index (χ1v) is 6.17. The second-order valence-corrected chi connectivity index (χ2v) is 6.39. The van der Waals surface area contributed by atoms with Gasteiger partial charge in [-0.05, 0) is 17.3 Å². The van der Waals surface area contributed by atoms with Gasteiger partial charge in [0.1, 0.15) is 0 Å². The molecule has 0 aromatic heterocycles. The molecule has 1 saturated heterocycles. The first-order valence-electron chi connectivity index (χ1n) is 6.17. The van der Waals surface area contributed by atoms with Gasteiger partial charge in [-0.2, -0.15) is 0 Å². The van der Waals surface area contributed by atoms with E-state index in [4.69, 9.17) is 0 Å². The van der Waals surface area contributed by atoms with Crippen LogP contribution in [0.4, 0.5) is 0 Å². The van der Waals surface area contributed by atoms with Crippen LogP contribution in [0.15, 0.2) is 0 Å². The van der Waals surface area contributed by atoms with E-state index >= 15 is 0 Å². The van der Waals surface area contributed by atoms with Crippen LogP contribution in [0.1, 0.15) is 41.0 Å². The van der Waals surface area contributed by atoms with Crippen molar-refractivity contribution in [1.29, 1.82) is 0 Å². The predicted molar refractivity (Wildman–Crippen MR) is 65.0 cm³/mol. The summed E-state index contributed by atoms with van der Waals surface area (Å²) in [5, 5.41) is 9.99. The maximum Gasteiger partial charge on any atom is 0.223 e. The molecule has 0 aliphatic carbocycles. The summed E-state index contributed by atoms with van der Waals surface area (Å²) in [5.74, 6) is 1.20. The minimum Gasteiger partial charge on any atom is -0.391 e. The van der Waals surface area contributed by atoms with Gasteiger partial charge in [-0.25, -0.2) is 0 Å². The number of likely N-dealkylation sites (tertiary alicyclic amines) is 1. The maximum atomic E-state index is 11.8. The number of aliphatic hydroxyl groups is 1. The lowest BCUT2D eigenvalue weighted by Gasteiger charge is -2.30. The van der Waals surface area contributed by atoms with Gasteiger partial charge < -0.3 is 10.0 Å². The number of hydrogen-bond donors (Lipinski definition) is 1. The minimum atomic E-state index is -0.442. The third-order valence-electron chi connectivity index (χ3n) is 3.58. The van der Waals surface area contributed by atoms with Crippen molar-refractivity contribution in [3.05, 3.63) is 0 Å². The van der Waals surface area contributed by atoms with Gasteiger partial charge in [0.15, 0.2) is 0 Å². The molecule has 2 unspecified atom stereocenters. The van der Waals surface area contributed by atoms with E-state index in [1.54, 1.807) is 0 Å². The van der Waals surface area contributed by atoms with Crippen molar-refractivity contribution >= 4 is 5.91 Å². The SMILES string of the molecule is CC(C)C1CC(=O)N(CC(O)C(C)(C)C)C1. The molecule has 3 nitrogen and oxygen atoms in total. The highest BCUT2D eigenvalue weighted by molar-refractivity contribution is 5.78. The monoisotopic (exact) mass is 227 g/mol. The molecule has 16 heavy (non-hydrogen) atoms. The molecule has 1 N–H and O–H groups in total. The second kappa shape index (κ2) is 4.74. The van der Waals surface area contributed by atoms with E-state index in [9.17, 15) is 9.90 Å². The number of rotatable bonds is 3. The van der Waals surface area contributed by atoms with E-state index in [1.807, 2.05) is 25.7 Å². The van der Waals surface area contributed by atoms with E-state index in [1.165, 1.54) is 0 Å². The molecule has 0 radical (unpaired) electrons. The molecular formula is C13H25NO2. The van der Waals surface area contributed by atoms with Crippen LogP contribution in [0.3, 0.4) is 0 Å². The largest absolute Gasteiger partial charge is 0.391 e. The van der Waals surface area contributed by atoms with E-state index in [0.717, 1.165) is 6.54 Å². The standard InChI is InChI=1S/C13H25NO2/c1-9(2)10-6-12(16)14(7-10)8-11(15)13(3,4)5/h9-11,15H,6-8H2,1-5H3. The number of nitrogens with zero attached hydrogens (tertiary/aromatic N) is 1. The number of β-amino-alcohol motifs (C(OH)–C–C–N with tert-alkyl or cyclic N) is 1. The van der Waals surface area contributed by atoms with Gasteiger partial charge in [-0.15, -0.1) is 0 Å².